The molecule has 2 N–H and O–H groups in total. The normalized spacial score (nSPS) is 18.7. The molecule has 1 aromatic rings. The van der Waals surface area contributed by atoms with Crippen LogP contribution >= 0.6 is 24.0 Å². The molecule has 1 aliphatic heterocycles. The van der Waals surface area contributed by atoms with E-state index in [0.29, 0.717) is 12.6 Å². The number of carbonyl (C=O) groups excluding carboxylic acids is 1. The summed E-state index contributed by atoms with van der Waals surface area (Å²) in [6.45, 7) is 4.09. The Morgan fingerprint density at radius 3 is 2.45 bits per heavy atom. The van der Waals surface area contributed by atoms with Crippen molar-refractivity contribution in [3.8, 4) is 5.75 Å². The molecule has 8 nitrogen and oxygen atoms in total. The summed E-state index contributed by atoms with van der Waals surface area (Å²) < 4.78 is 10.9. The van der Waals surface area contributed by atoms with Crippen molar-refractivity contribution in [3.05, 3.63) is 29.8 Å². The highest BCUT2D eigenvalue weighted by Gasteiger charge is 2.24. The van der Waals surface area contributed by atoms with E-state index in [1.165, 1.54) is 24.8 Å². The summed E-state index contributed by atoms with van der Waals surface area (Å²) in [6.07, 6.45) is 6.07. The van der Waals surface area contributed by atoms with Gasteiger partial charge in [0.1, 0.15) is 12.3 Å². The molecule has 1 unspecified atom stereocenters. The minimum absolute atomic E-state index is 0. The summed E-state index contributed by atoms with van der Waals surface area (Å²) in [4.78, 5) is 20.8. The number of guanidine groups is 1. The molecule has 1 atom stereocenters. The highest BCUT2D eigenvalue weighted by molar-refractivity contribution is 14.0. The summed E-state index contributed by atoms with van der Waals surface area (Å²) >= 11 is 0. The summed E-state index contributed by atoms with van der Waals surface area (Å²) in [5.41, 5.74) is 1.22. The van der Waals surface area contributed by atoms with Gasteiger partial charge in [0.25, 0.3) is 0 Å². The second-order valence-electron chi connectivity index (χ2n) is 8.75. The Kier molecular flexibility index (Phi) is 12.3. The van der Waals surface area contributed by atoms with Crippen LogP contribution < -0.4 is 15.4 Å². The molecule has 186 valence electrons. The number of nitrogens with zero attached hydrogens (tertiary/aromatic N) is 3. The molecule has 1 aromatic carbocycles. The number of likely N-dealkylation sites (N-methyl/N-ethyl adjacent to an activating group) is 1. The zero-order valence-electron chi connectivity index (χ0n) is 20.2. The number of aliphatic imine (C=N–C) groups is 1. The number of benzene rings is 1. The molecule has 0 aromatic heterocycles. The average molecular weight is 574 g/mol. The monoisotopic (exact) mass is 573 g/mol. The van der Waals surface area contributed by atoms with Crippen molar-refractivity contribution in [3.63, 3.8) is 0 Å². The van der Waals surface area contributed by atoms with Gasteiger partial charge in [0.15, 0.2) is 5.96 Å². The van der Waals surface area contributed by atoms with Gasteiger partial charge in [-0.1, -0.05) is 31.4 Å². The lowest BCUT2D eigenvalue weighted by Gasteiger charge is -2.35. The van der Waals surface area contributed by atoms with Crippen LogP contribution in [-0.4, -0.2) is 88.3 Å². The van der Waals surface area contributed by atoms with Crippen LogP contribution in [-0.2, 0) is 9.53 Å². The number of ether oxygens (including phenoxy) is 2. The fourth-order valence-corrected chi connectivity index (χ4v) is 4.25. The second-order valence-corrected chi connectivity index (χ2v) is 8.75. The standard InChI is InChI=1S/C24H39N5O3.HI/c1-28(2)23(30)18-26-24(27-20-7-5-4-6-8-20)25-17-22(29-13-15-32-16-14-29)19-9-11-21(31-3)12-10-19;/h9-12,20,22H,4-8,13-18H2,1-3H3,(H2,25,26,27);1H. The van der Waals surface area contributed by atoms with Crippen LogP contribution in [0.2, 0.25) is 0 Å². The first-order valence-corrected chi connectivity index (χ1v) is 11.8. The van der Waals surface area contributed by atoms with E-state index in [1.54, 1.807) is 26.1 Å². The molecular formula is C24H40IN5O3. The number of nitrogens with one attached hydrogen (secondary N) is 2. The fourth-order valence-electron chi connectivity index (χ4n) is 4.25. The Bertz CT molecular complexity index is 732. The van der Waals surface area contributed by atoms with Gasteiger partial charge >= 0.3 is 0 Å². The maximum atomic E-state index is 12.1. The topological polar surface area (TPSA) is 78.4 Å². The lowest BCUT2D eigenvalue weighted by molar-refractivity contribution is -0.127. The van der Waals surface area contributed by atoms with E-state index in [-0.39, 0.29) is 42.5 Å². The first-order valence-electron chi connectivity index (χ1n) is 11.8. The maximum Gasteiger partial charge on any atom is 0.243 e. The largest absolute Gasteiger partial charge is 0.497 e. The van der Waals surface area contributed by atoms with Crippen LogP contribution in [0.15, 0.2) is 29.3 Å². The number of hydrogen-bond donors (Lipinski definition) is 2. The molecule has 2 aliphatic rings. The molecule has 9 heteroatoms. The van der Waals surface area contributed by atoms with E-state index < -0.39 is 0 Å². The Hall–Kier alpha value is -1.59. The molecule has 2 fully saturated rings. The molecule has 1 saturated heterocycles. The number of rotatable bonds is 8. The molecule has 33 heavy (non-hydrogen) atoms. The molecule has 1 saturated carbocycles. The zero-order valence-corrected chi connectivity index (χ0v) is 22.5. The van der Waals surface area contributed by atoms with Gasteiger partial charge in [0, 0.05) is 39.8 Å². The van der Waals surface area contributed by atoms with E-state index in [9.17, 15) is 4.79 Å². The summed E-state index contributed by atoms with van der Waals surface area (Å²) in [6, 6.07) is 8.85. The molecular weight excluding hydrogens is 533 g/mol. The van der Waals surface area contributed by atoms with Crippen LogP contribution in [0.1, 0.15) is 43.7 Å². The van der Waals surface area contributed by atoms with E-state index in [0.717, 1.165) is 50.9 Å². The van der Waals surface area contributed by atoms with Crippen molar-refractivity contribution in [2.75, 3.05) is 60.6 Å². The minimum atomic E-state index is -0.00497. The lowest BCUT2D eigenvalue weighted by Crippen LogP contribution is -2.49. The van der Waals surface area contributed by atoms with Crippen molar-refractivity contribution in [1.29, 1.82) is 0 Å². The quantitative estimate of drug-likeness (QED) is 0.283. The van der Waals surface area contributed by atoms with Crippen molar-refractivity contribution in [2.24, 2.45) is 4.99 Å². The Balaban J connectivity index is 0.00000385. The Morgan fingerprint density at radius 2 is 1.85 bits per heavy atom. The highest BCUT2D eigenvalue weighted by Crippen LogP contribution is 2.24. The van der Waals surface area contributed by atoms with E-state index in [1.807, 2.05) is 12.1 Å². The van der Waals surface area contributed by atoms with Crippen molar-refractivity contribution in [1.82, 2.24) is 20.4 Å². The van der Waals surface area contributed by atoms with Crippen LogP contribution in [0.25, 0.3) is 0 Å². The summed E-state index contributed by atoms with van der Waals surface area (Å²) in [7, 11) is 5.21. The van der Waals surface area contributed by atoms with E-state index >= 15 is 0 Å². The zero-order chi connectivity index (χ0) is 22.8. The number of amides is 1. The predicted molar refractivity (Wildman–Crippen MR) is 143 cm³/mol. The molecule has 0 spiro atoms. The SMILES string of the molecule is COc1ccc(C(CNC(=NCC(=O)N(C)C)NC2CCCCC2)N2CCOCC2)cc1.I. The van der Waals surface area contributed by atoms with Gasteiger partial charge in [0.05, 0.1) is 26.4 Å². The van der Waals surface area contributed by atoms with Gasteiger partial charge in [-0.05, 0) is 30.5 Å². The molecule has 1 aliphatic carbocycles. The van der Waals surface area contributed by atoms with Crippen LogP contribution in [0.4, 0.5) is 0 Å². The van der Waals surface area contributed by atoms with Gasteiger partial charge in [0.2, 0.25) is 5.91 Å². The van der Waals surface area contributed by atoms with Crippen molar-refractivity contribution >= 4 is 35.8 Å². The molecule has 1 heterocycles. The van der Waals surface area contributed by atoms with Crippen LogP contribution in [0.3, 0.4) is 0 Å². The van der Waals surface area contributed by atoms with Crippen molar-refractivity contribution in [2.45, 2.75) is 44.2 Å². The first-order chi connectivity index (χ1) is 15.6. The average Bonchev–Trinajstić information content (AvgIpc) is 2.84. The maximum absolute atomic E-state index is 12.1. The summed E-state index contributed by atoms with van der Waals surface area (Å²) in [5, 5.41) is 7.12. The third kappa shape index (κ3) is 8.94. The number of carbonyl (C=O) groups is 1. The predicted octanol–water partition coefficient (Wildman–Crippen LogP) is 2.64. The highest BCUT2D eigenvalue weighted by atomic mass is 127. The molecule has 0 bridgehead atoms. The molecule has 0 radical (unpaired) electrons. The van der Waals surface area contributed by atoms with Crippen LogP contribution in [0.5, 0.6) is 5.75 Å². The number of halogens is 1. The van der Waals surface area contributed by atoms with Gasteiger partial charge in [-0.15, -0.1) is 24.0 Å². The minimum Gasteiger partial charge on any atom is -0.497 e. The molecule has 1 amide bonds. The number of methoxy groups -OCH3 is 1. The Labute approximate surface area is 215 Å². The van der Waals surface area contributed by atoms with E-state index in [4.69, 9.17) is 9.47 Å². The van der Waals surface area contributed by atoms with Gasteiger partial charge in [-0.25, -0.2) is 4.99 Å². The number of morpholine rings is 1. The third-order valence-corrected chi connectivity index (χ3v) is 6.27. The van der Waals surface area contributed by atoms with Gasteiger partial charge in [-0.3, -0.25) is 9.69 Å². The fraction of sp³-hybridized carbons (Fsp3) is 0.667. The van der Waals surface area contributed by atoms with Gasteiger partial charge < -0.3 is 25.0 Å². The van der Waals surface area contributed by atoms with Gasteiger partial charge in [-0.2, -0.15) is 0 Å². The molecule has 3 rings (SSSR count). The van der Waals surface area contributed by atoms with Crippen LogP contribution in [0, 0.1) is 0 Å². The second kappa shape index (κ2) is 14.6. The smallest absolute Gasteiger partial charge is 0.243 e. The Morgan fingerprint density at radius 1 is 1.18 bits per heavy atom. The van der Waals surface area contributed by atoms with E-state index in [2.05, 4.69) is 32.7 Å². The first kappa shape index (κ1) is 27.7. The third-order valence-electron chi connectivity index (χ3n) is 6.27. The lowest BCUT2D eigenvalue weighted by atomic mass is 9.96. The summed E-state index contributed by atoms with van der Waals surface area (Å²) in [5.74, 6) is 1.57. The van der Waals surface area contributed by atoms with Crippen molar-refractivity contribution < 1.29 is 14.3 Å². The number of hydrogen-bond acceptors (Lipinski definition) is 5.